The van der Waals surface area contributed by atoms with Gasteiger partial charge < -0.3 is 9.84 Å². The number of hydrogen-bond acceptors (Lipinski definition) is 6. The zero-order chi connectivity index (χ0) is 22.4. The molecule has 0 saturated heterocycles. The molecule has 0 aliphatic carbocycles. The molecule has 10 heteroatoms. The molecule has 0 atom stereocenters. The van der Waals surface area contributed by atoms with Gasteiger partial charge in [0.25, 0.3) is 15.9 Å². The second-order valence-electron chi connectivity index (χ2n) is 7.17. The number of nitrogens with zero attached hydrogens (tertiary/aromatic N) is 2. The topological polar surface area (TPSA) is 114 Å². The van der Waals surface area contributed by atoms with E-state index in [0.29, 0.717) is 36.7 Å². The maximum atomic E-state index is 13.7. The molecule has 2 aromatic carbocycles. The van der Waals surface area contributed by atoms with Crippen LogP contribution < -0.4 is 10.0 Å². The Hall–Kier alpha value is -3.27. The van der Waals surface area contributed by atoms with Gasteiger partial charge in [0.05, 0.1) is 10.6 Å². The Kier molecular flexibility index (Phi) is 7.01. The van der Waals surface area contributed by atoms with Crippen molar-refractivity contribution in [2.45, 2.75) is 37.5 Å². The molecule has 0 bridgehead atoms. The van der Waals surface area contributed by atoms with Crippen molar-refractivity contribution >= 4 is 21.6 Å². The van der Waals surface area contributed by atoms with Gasteiger partial charge >= 0.3 is 0 Å². The minimum absolute atomic E-state index is 0.0790. The van der Waals surface area contributed by atoms with Gasteiger partial charge in [-0.3, -0.25) is 9.52 Å². The lowest BCUT2D eigenvalue weighted by Crippen LogP contribution is -2.25. The lowest BCUT2D eigenvalue weighted by Gasteiger charge is -2.09. The molecule has 0 spiro atoms. The van der Waals surface area contributed by atoms with Crippen molar-refractivity contribution in [1.29, 1.82) is 0 Å². The fraction of sp³-hybridized carbons (Fsp3) is 0.286. The first kappa shape index (κ1) is 22.4. The number of aromatic nitrogens is 2. The summed E-state index contributed by atoms with van der Waals surface area (Å²) in [5.41, 5.74) is 0.163. The minimum Gasteiger partial charge on any atom is -0.352 e. The van der Waals surface area contributed by atoms with E-state index in [0.717, 1.165) is 6.07 Å². The lowest BCUT2D eigenvalue weighted by atomic mass is 10.2. The second-order valence-corrected chi connectivity index (χ2v) is 8.85. The summed E-state index contributed by atoms with van der Waals surface area (Å²) in [6.45, 7) is 4.34. The summed E-state index contributed by atoms with van der Waals surface area (Å²) < 4.78 is 45.9. The van der Waals surface area contributed by atoms with Crippen LogP contribution in [0.15, 0.2) is 57.9 Å². The largest absolute Gasteiger partial charge is 0.352 e. The van der Waals surface area contributed by atoms with Crippen LogP contribution in [0.4, 0.5) is 10.1 Å². The Balaban J connectivity index is 1.53. The number of para-hydroxylation sites is 1. The first-order chi connectivity index (χ1) is 14.8. The molecule has 0 aliphatic heterocycles. The van der Waals surface area contributed by atoms with Crippen LogP contribution in [0.1, 0.15) is 48.3 Å². The van der Waals surface area contributed by atoms with Crippen LogP contribution in [0, 0.1) is 5.82 Å². The molecule has 0 unspecified atom stereocenters. The standard InChI is InChI=1S/C21H23FN4O4S/c1-14(2)20-24-19(30-25-20)8-5-13-23-21(27)15-9-11-16(12-10-15)31(28,29)26-18-7-4-3-6-17(18)22/h3-4,6-7,9-12,14,26H,5,8,13H2,1-2H3,(H,23,27). The van der Waals surface area contributed by atoms with Crippen molar-refractivity contribution in [3.05, 3.63) is 71.6 Å². The third kappa shape index (κ3) is 5.88. The number of amides is 1. The van der Waals surface area contributed by atoms with E-state index in [2.05, 4.69) is 20.2 Å². The average molecular weight is 447 g/mol. The smallest absolute Gasteiger partial charge is 0.261 e. The summed E-state index contributed by atoms with van der Waals surface area (Å²) in [5, 5.41) is 6.65. The van der Waals surface area contributed by atoms with Gasteiger partial charge in [-0.1, -0.05) is 31.1 Å². The van der Waals surface area contributed by atoms with E-state index in [9.17, 15) is 17.6 Å². The molecule has 3 rings (SSSR count). The van der Waals surface area contributed by atoms with Gasteiger partial charge in [-0.2, -0.15) is 4.98 Å². The Morgan fingerprint density at radius 2 is 1.84 bits per heavy atom. The molecule has 1 amide bonds. The van der Waals surface area contributed by atoms with Crippen LogP contribution in [0.5, 0.6) is 0 Å². The number of hydrogen-bond donors (Lipinski definition) is 2. The molecule has 0 fully saturated rings. The minimum atomic E-state index is -3.98. The van der Waals surface area contributed by atoms with E-state index in [1.807, 2.05) is 13.8 Å². The number of benzene rings is 2. The molecule has 31 heavy (non-hydrogen) atoms. The average Bonchev–Trinajstić information content (AvgIpc) is 3.22. The van der Waals surface area contributed by atoms with Crippen molar-refractivity contribution in [2.24, 2.45) is 0 Å². The van der Waals surface area contributed by atoms with E-state index in [-0.39, 0.29) is 22.4 Å². The SMILES string of the molecule is CC(C)c1noc(CCCNC(=O)c2ccc(S(=O)(=O)Nc3ccccc3F)cc2)n1. The normalized spacial score (nSPS) is 11.5. The highest BCUT2D eigenvalue weighted by Gasteiger charge is 2.17. The number of carbonyl (C=O) groups is 1. The number of carbonyl (C=O) groups excluding carboxylic acids is 1. The van der Waals surface area contributed by atoms with Crippen molar-refractivity contribution in [1.82, 2.24) is 15.5 Å². The summed E-state index contributed by atoms with van der Waals surface area (Å²) in [6.07, 6.45) is 1.16. The first-order valence-corrected chi connectivity index (χ1v) is 11.2. The molecular formula is C21H23FN4O4S. The molecule has 2 N–H and O–H groups in total. The lowest BCUT2D eigenvalue weighted by molar-refractivity contribution is 0.0953. The van der Waals surface area contributed by atoms with E-state index in [1.54, 1.807) is 0 Å². The number of nitrogens with one attached hydrogen (secondary N) is 2. The summed E-state index contributed by atoms with van der Waals surface area (Å²) in [6, 6.07) is 10.9. The highest BCUT2D eigenvalue weighted by atomic mass is 32.2. The number of anilines is 1. The molecule has 1 aromatic heterocycles. The first-order valence-electron chi connectivity index (χ1n) is 9.74. The highest BCUT2D eigenvalue weighted by molar-refractivity contribution is 7.92. The molecule has 0 radical (unpaired) electrons. The number of halogens is 1. The molecule has 0 aliphatic rings. The Labute approximate surface area is 179 Å². The Bertz CT molecular complexity index is 1140. The third-order valence-electron chi connectivity index (χ3n) is 4.40. The fourth-order valence-electron chi connectivity index (χ4n) is 2.68. The van der Waals surface area contributed by atoms with Crippen LogP contribution in [-0.4, -0.2) is 31.0 Å². The molecule has 164 valence electrons. The van der Waals surface area contributed by atoms with Gasteiger partial charge in [-0.15, -0.1) is 0 Å². The Morgan fingerprint density at radius 1 is 1.13 bits per heavy atom. The van der Waals surface area contributed by atoms with E-state index in [4.69, 9.17) is 4.52 Å². The molecule has 8 nitrogen and oxygen atoms in total. The molecule has 1 heterocycles. The maximum Gasteiger partial charge on any atom is 0.261 e. The van der Waals surface area contributed by atoms with Gasteiger partial charge in [-0.25, -0.2) is 12.8 Å². The maximum absolute atomic E-state index is 13.7. The number of aryl methyl sites for hydroxylation is 1. The summed E-state index contributed by atoms with van der Waals surface area (Å²) in [4.78, 5) is 16.5. The zero-order valence-electron chi connectivity index (χ0n) is 17.1. The van der Waals surface area contributed by atoms with Gasteiger partial charge in [0.15, 0.2) is 5.82 Å². The van der Waals surface area contributed by atoms with Crippen LogP contribution in [0.3, 0.4) is 0 Å². The second kappa shape index (κ2) is 9.69. The summed E-state index contributed by atoms with van der Waals surface area (Å²) in [5.74, 6) is 0.349. The van der Waals surface area contributed by atoms with E-state index in [1.165, 1.54) is 42.5 Å². The van der Waals surface area contributed by atoms with E-state index < -0.39 is 15.8 Å². The number of rotatable bonds is 9. The fourth-order valence-corrected chi connectivity index (χ4v) is 3.75. The van der Waals surface area contributed by atoms with Crippen molar-refractivity contribution in [3.8, 4) is 0 Å². The zero-order valence-corrected chi connectivity index (χ0v) is 17.9. The van der Waals surface area contributed by atoms with Gasteiger partial charge in [0.1, 0.15) is 5.82 Å². The van der Waals surface area contributed by atoms with Gasteiger partial charge in [0, 0.05) is 24.4 Å². The van der Waals surface area contributed by atoms with Crippen LogP contribution in [0.25, 0.3) is 0 Å². The van der Waals surface area contributed by atoms with E-state index >= 15 is 0 Å². The van der Waals surface area contributed by atoms with Crippen LogP contribution in [0.2, 0.25) is 0 Å². The van der Waals surface area contributed by atoms with Gasteiger partial charge in [0.2, 0.25) is 5.89 Å². The van der Waals surface area contributed by atoms with Crippen LogP contribution in [-0.2, 0) is 16.4 Å². The Morgan fingerprint density at radius 3 is 2.48 bits per heavy atom. The predicted octanol–water partition coefficient (Wildman–Crippen LogP) is 3.50. The van der Waals surface area contributed by atoms with Gasteiger partial charge in [-0.05, 0) is 42.8 Å². The molecule has 0 saturated carbocycles. The third-order valence-corrected chi connectivity index (χ3v) is 5.78. The molecular weight excluding hydrogens is 423 g/mol. The van der Waals surface area contributed by atoms with Crippen molar-refractivity contribution < 1.29 is 22.1 Å². The molecule has 3 aromatic rings. The monoisotopic (exact) mass is 446 g/mol. The van der Waals surface area contributed by atoms with Crippen LogP contribution >= 0.6 is 0 Å². The van der Waals surface area contributed by atoms with Crippen molar-refractivity contribution in [3.63, 3.8) is 0 Å². The highest BCUT2D eigenvalue weighted by Crippen LogP contribution is 2.19. The van der Waals surface area contributed by atoms with Crippen molar-refractivity contribution in [2.75, 3.05) is 11.3 Å². The summed E-state index contributed by atoms with van der Waals surface area (Å²) in [7, 11) is -3.98. The number of sulfonamides is 1. The predicted molar refractivity (Wildman–Crippen MR) is 113 cm³/mol. The quantitative estimate of drug-likeness (QED) is 0.486. The summed E-state index contributed by atoms with van der Waals surface area (Å²) >= 11 is 0.